The van der Waals surface area contributed by atoms with Gasteiger partial charge in [-0.15, -0.1) is 0 Å². The predicted octanol–water partition coefficient (Wildman–Crippen LogP) is 19.4. The maximum Gasteiger partial charge on any atom is 0.113 e. The SMILES string of the molecule is C[Si]1(C)c2ccccc2-c2ccc(-c3cc(-c4ccccc4)c(N(c4ccc(-c5ccccc5)cc4)c4ccc(-c5ccccc5)cc4)cc3N(c3ccc(-c4ccccc4)cc3)c3ccc(-c4ccccc4)cc3)cc21. The van der Waals surface area contributed by atoms with Gasteiger partial charge in [0.05, 0.1) is 11.4 Å². The first-order valence-corrected chi connectivity index (χ1v) is 29.7. The Hall–Kier alpha value is -9.54. The summed E-state index contributed by atoms with van der Waals surface area (Å²) in [7, 11) is -2.07. The van der Waals surface area contributed by atoms with E-state index in [0.717, 1.165) is 50.8 Å². The van der Waals surface area contributed by atoms with Crippen LogP contribution in [0.3, 0.4) is 0 Å². The molecule has 0 amide bonds. The fraction of sp³-hybridized carbons (Fsp3) is 0.0270. The second-order valence-corrected chi connectivity index (χ2v) is 24.8. The van der Waals surface area contributed by atoms with E-state index in [9.17, 15) is 0 Å². The minimum Gasteiger partial charge on any atom is -0.310 e. The third-order valence-electron chi connectivity index (χ3n) is 15.5. The van der Waals surface area contributed by atoms with Crippen molar-refractivity contribution in [2.24, 2.45) is 0 Å². The van der Waals surface area contributed by atoms with E-state index in [-0.39, 0.29) is 0 Å². The smallest absolute Gasteiger partial charge is 0.113 e. The maximum absolute atomic E-state index is 2.53. The monoisotopic (exact) mass is 1000 g/mol. The molecule has 2 nitrogen and oxygen atoms in total. The highest BCUT2D eigenvalue weighted by Gasteiger charge is 2.37. The average molecular weight is 1000 g/mol. The molecule has 77 heavy (non-hydrogen) atoms. The number of rotatable bonds is 12. The molecule has 0 saturated carbocycles. The molecule has 0 bridgehead atoms. The lowest BCUT2D eigenvalue weighted by atomic mass is 9.92. The van der Waals surface area contributed by atoms with Gasteiger partial charge in [-0.2, -0.15) is 0 Å². The zero-order valence-electron chi connectivity index (χ0n) is 43.3. The fourth-order valence-electron chi connectivity index (χ4n) is 11.5. The highest BCUT2D eigenvalue weighted by Crippen LogP contribution is 2.51. The van der Waals surface area contributed by atoms with Crippen molar-refractivity contribution in [2.75, 3.05) is 9.80 Å². The summed E-state index contributed by atoms with van der Waals surface area (Å²) in [6.07, 6.45) is 0. The Bertz CT molecular complexity index is 3830. The third-order valence-corrected chi connectivity index (χ3v) is 19.0. The molecule has 12 aromatic carbocycles. The van der Waals surface area contributed by atoms with Gasteiger partial charge in [-0.3, -0.25) is 0 Å². The molecule has 13 rings (SSSR count). The zero-order valence-corrected chi connectivity index (χ0v) is 44.3. The molecule has 1 aliphatic rings. The summed E-state index contributed by atoms with van der Waals surface area (Å²) >= 11 is 0. The summed E-state index contributed by atoms with van der Waals surface area (Å²) < 4.78 is 0. The molecule has 0 saturated heterocycles. The lowest BCUT2D eigenvalue weighted by molar-refractivity contribution is 1.25. The summed E-state index contributed by atoms with van der Waals surface area (Å²) in [5.41, 5.74) is 23.1. The largest absolute Gasteiger partial charge is 0.310 e. The van der Waals surface area contributed by atoms with Crippen LogP contribution in [-0.4, -0.2) is 8.07 Å². The van der Waals surface area contributed by atoms with E-state index in [1.807, 2.05) is 0 Å². The van der Waals surface area contributed by atoms with Crippen molar-refractivity contribution in [3.63, 3.8) is 0 Å². The van der Waals surface area contributed by atoms with Crippen LogP contribution in [0, 0.1) is 0 Å². The molecule has 0 spiro atoms. The first-order chi connectivity index (χ1) is 37.9. The van der Waals surface area contributed by atoms with E-state index < -0.39 is 8.07 Å². The number of anilines is 6. The second-order valence-electron chi connectivity index (χ2n) is 20.5. The van der Waals surface area contributed by atoms with Gasteiger partial charge >= 0.3 is 0 Å². The minimum atomic E-state index is -2.07. The molecule has 12 aromatic rings. The summed E-state index contributed by atoms with van der Waals surface area (Å²) in [4.78, 5) is 4.95. The van der Waals surface area contributed by atoms with Crippen LogP contribution in [0.15, 0.2) is 303 Å². The predicted molar refractivity (Wildman–Crippen MR) is 331 cm³/mol. The molecule has 0 aromatic heterocycles. The van der Waals surface area contributed by atoms with Crippen molar-refractivity contribution in [2.45, 2.75) is 13.1 Å². The molecule has 0 aliphatic carbocycles. The summed E-state index contributed by atoms with van der Waals surface area (Å²) in [5.74, 6) is 0. The topological polar surface area (TPSA) is 6.48 Å². The van der Waals surface area contributed by atoms with E-state index in [1.165, 1.54) is 71.6 Å². The molecule has 366 valence electrons. The average Bonchev–Trinajstić information content (AvgIpc) is 3.90. The normalized spacial score (nSPS) is 12.1. The van der Waals surface area contributed by atoms with Crippen LogP contribution < -0.4 is 20.2 Å². The zero-order chi connectivity index (χ0) is 51.7. The van der Waals surface area contributed by atoms with E-state index in [2.05, 4.69) is 326 Å². The van der Waals surface area contributed by atoms with Crippen molar-refractivity contribution in [1.82, 2.24) is 0 Å². The molecule has 0 radical (unpaired) electrons. The molecule has 0 fully saturated rings. The molecule has 1 aliphatic heterocycles. The Kier molecular flexibility index (Phi) is 12.4. The number of benzene rings is 12. The first-order valence-electron chi connectivity index (χ1n) is 26.7. The van der Waals surface area contributed by atoms with Crippen LogP contribution in [0.5, 0.6) is 0 Å². The Labute approximate surface area is 454 Å². The Morgan fingerprint density at radius 3 is 0.870 bits per heavy atom. The molecular formula is C74H56N2Si. The summed E-state index contributed by atoms with van der Waals surface area (Å²) in [6, 6.07) is 111. The van der Waals surface area contributed by atoms with Gasteiger partial charge in [0.25, 0.3) is 0 Å². The number of hydrogen-bond acceptors (Lipinski definition) is 2. The molecular weight excluding hydrogens is 945 g/mol. The third kappa shape index (κ3) is 9.07. The van der Waals surface area contributed by atoms with Gasteiger partial charge in [-0.05, 0) is 138 Å². The molecule has 1 heterocycles. The van der Waals surface area contributed by atoms with Crippen LogP contribution in [0.4, 0.5) is 34.1 Å². The molecule has 3 heteroatoms. The van der Waals surface area contributed by atoms with E-state index >= 15 is 0 Å². The van der Waals surface area contributed by atoms with Crippen molar-refractivity contribution < 1.29 is 0 Å². The number of hydrogen-bond donors (Lipinski definition) is 0. The van der Waals surface area contributed by atoms with Crippen LogP contribution in [0.1, 0.15) is 0 Å². The van der Waals surface area contributed by atoms with Gasteiger partial charge in [-0.1, -0.05) is 256 Å². The first kappa shape index (κ1) is 47.2. The molecule has 0 N–H and O–H groups in total. The number of nitrogens with zero attached hydrogens (tertiary/aromatic N) is 2. The van der Waals surface area contributed by atoms with Gasteiger partial charge in [0, 0.05) is 33.9 Å². The van der Waals surface area contributed by atoms with E-state index in [1.54, 1.807) is 0 Å². The van der Waals surface area contributed by atoms with Crippen LogP contribution in [-0.2, 0) is 0 Å². The van der Waals surface area contributed by atoms with Crippen molar-refractivity contribution in [3.8, 4) is 77.9 Å². The summed E-state index contributed by atoms with van der Waals surface area (Å²) in [5, 5.41) is 2.97. The Balaban J connectivity index is 1.09. The van der Waals surface area contributed by atoms with E-state index in [0.29, 0.717) is 0 Å². The number of fused-ring (bicyclic) bond motifs is 3. The van der Waals surface area contributed by atoms with Crippen LogP contribution in [0.2, 0.25) is 13.1 Å². The molecule has 0 unspecified atom stereocenters. The van der Waals surface area contributed by atoms with Gasteiger partial charge in [0.2, 0.25) is 0 Å². The van der Waals surface area contributed by atoms with Gasteiger partial charge in [-0.25, -0.2) is 0 Å². The second kappa shape index (κ2) is 20.3. The fourth-order valence-corrected chi connectivity index (χ4v) is 14.6. The highest BCUT2D eigenvalue weighted by molar-refractivity contribution is 7.03. The Morgan fingerprint density at radius 1 is 0.208 bits per heavy atom. The van der Waals surface area contributed by atoms with E-state index in [4.69, 9.17) is 0 Å². The Morgan fingerprint density at radius 2 is 0.494 bits per heavy atom. The molecule has 0 atom stereocenters. The van der Waals surface area contributed by atoms with Gasteiger partial charge in [0.1, 0.15) is 8.07 Å². The summed E-state index contributed by atoms with van der Waals surface area (Å²) in [6.45, 7) is 5.03. The van der Waals surface area contributed by atoms with Crippen molar-refractivity contribution >= 4 is 52.6 Å². The van der Waals surface area contributed by atoms with Crippen molar-refractivity contribution in [3.05, 3.63) is 303 Å². The van der Waals surface area contributed by atoms with Gasteiger partial charge < -0.3 is 9.80 Å². The maximum atomic E-state index is 2.53. The standard InChI is InChI=1S/C74H56N2Si/c1-77(2)73-31-19-18-30-67(73)68-49-40-62(50-74(68)77)70-51-69(61-28-16-7-17-29-61)71(75(63-41-32-57(33-42-63)53-20-8-3-9-21-53)64-43-34-58(35-44-64)54-22-10-4-11-23-54)52-72(70)76(65-45-36-59(37-46-65)55-24-12-5-13-25-55)66-47-38-60(39-48-66)56-26-14-6-15-27-56/h3-52H,1-2H3. The van der Waals surface area contributed by atoms with Crippen LogP contribution in [0.25, 0.3) is 77.9 Å². The van der Waals surface area contributed by atoms with Crippen LogP contribution >= 0.6 is 0 Å². The minimum absolute atomic E-state index is 1.06. The van der Waals surface area contributed by atoms with Gasteiger partial charge in [0.15, 0.2) is 0 Å². The quantitative estimate of drug-likeness (QED) is 0.113. The highest BCUT2D eigenvalue weighted by atomic mass is 28.3. The lowest BCUT2D eigenvalue weighted by Crippen LogP contribution is -2.49. The van der Waals surface area contributed by atoms with Crippen molar-refractivity contribution in [1.29, 1.82) is 0 Å². The lowest BCUT2D eigenvalue weighted by Gasteiger charge is -2.33.